The third kappa shape index (κ3) is 4.16. The molecular weight excluding hydrogens is 262 g/mol. The van der Waals surface area contributed by atoms with Gasteiger partial charge in [0.25, 0.3) is 0 Å². The maximum Gasteiger partial charge on any atom is 0.303 e. The highest BCUT2D eigenvalue weighted by Crippen LogP contribution is 2.12. The van der Waals surface area contributed by atoms with Crippen LogP contribution in [0.2, 0.25) is 0 Å². The van der Waals surface area contributed by atoms with Gasteiger partial charge in [0.1, 0.15) is 12.9 Å². The lowest BCUT2D eigenvalue weighted by molar-refractivity contribution is -0.137. The number of carboxylic acid groups (broad SMARTS) is 1. The lowest BCUT2D eigenvalue weighted by Gasteiger charge is -2.06. The number of nitrogens with zero attached hydrogens (tertiary/aromatic N) is 4. The maximum absolute atomic E-state index is 11.7. The Labute approximate surface area is 114 Å². The van der Waals surface area contributed by atoms with Crippen molar-refractivity contribution in [3.05, 3.63) is 36.2 Å². The molecule has 0 aliphatic heterocycles. The van der Waals surface area contributed by atoms with Crippen LogP contribution in [0, 0.1) is 0 Å². The summed E-state index contributed by atoms with van der Waals surface area (Å²) in [6.45, 7) is 0.0202. The molecule has 1 heterocycles. The highest BCUT2D eigenvalue weighted by atomic mass is 16.4. The highest BCUT2D eigenvalue weighted by Gasteiger charge is 2.05. The van der Waals surface area contributed by atoms with Crippen LogP contribution in [0.3, 0.4) is 0 Å². The number of aliphatic carboxylic acids is 1. The Bertz CT molecular complexity index is 597. The average Bonchev–Trinajstić information content (AvgIpc) is 2.89. The Balaban J connectivity index is 1.93. The van der Waals surface area contributed by atoms with Crippen LogP contribution in [0.15, 0.2) is 30.6 Å². The monoisotopic (exact) mass is 275 g/mol. The van der Waals surface area contributed by atoms with Gasteiger partial charge in [-0.3, -0.25) is 9.59 Å². The molecule has 8 heteroatoms. The van der Waals surface area contributed by atoms with Gasteiger partial charge in [0, 0.05) is 12.1 Å². The molecule has 0 spiro atoms. The van der Waals surface area contributed by atoms with Crippen LogP contribution in [0.4, 0.5) is 5.69 Å². The molecule has 0 radical (unpaired) electrons. The van der Waals surface area contributed by atoms with Crippen molar-refractivity contribution in [2.75, 3.05) is 5.32 Å². The Morgan fingerprint density at radius 1 is 1.35 bits per heavy atom. The van der Waals surface area contributed by atoms with Crippen molar-refractivity contribution in [3.63, 3.8) is 0 Å². The van der Waals surface area contributed by atoms with Crippen LogP contribution in [0.25, 0.3) is 0 Å². The van der Waals surface area contributed by atoms with E-state index in [1.165, 1.54) is 11.0 Å². The molecule has 1 aromatic heterocycles. The van der Waals surface area contributed by atoms with Gasteiger partial charge in [-0.1, -0.05) is 12.1 Å². The first kappa shape index (κ1) is 13.7. The second-order valence-corrected chi connectivity index (χ2v) is 4.15. The second kappa shape index (κ2) is 6.41. The summed E-state index contributed by atoms with van der Waals surface area (Å²) < 4.78 is 1.31. The van der Waals surface area contributed by atoms with E-state index >= 15 is 0 Å². The Kier molecular flexibility index (Phi) is 4.38. The zero-order valence-electron chi connectivity index (χ0n) is 10.6. The van der Waals surface area contributed by atoms with Crippen molar-refractivity contribution in [1.82, 2.24) is 20.2 Å². The summed E-state index contributed by atoms with van der Waals surface area (Å²) >= 11 is 0. The smallest absolute Gasteiger partial charge is 0.303 e. The Morgan fingerprint density at radius 3 is 2.90 bits per heavy atom. The lowest BCUT2D eigenvalue weighted by Crippen LogP contribution is -2.19. The van der Waals surface area contributed by atoms with E-state index in [-0.39, 0.29) is 18.9 Å². The number of hydrogen-bond acceptors (Lipinski definition) is 5. The van der Waals surface area contributed by atoms with E-state index in [1.54, 1.807) is 18.2 Å². The predicted molar refractivity (Wildman–Crippen MR) is 68.8 cm³/mol. The number of nitrogens with one attached hydrogen (secondary N) is 1. The van der Waals surface area contributed by atoms with Crippen LogP contribution < -0.4 is 5.32 Å². The number of anilines is 1. The van der Waals surface area contributed by atoms with E-state index in [2.05, 4.69) is 20.8 Å². The molecule has 2 aromatic rings. The van der Waals surface area contributed by atoms with Crippen LogP contribution in [0.5, 0.6) is 0 Å². The number of tetrazole rings is 1. The van der Waals surface area contributed by atoms with E-state index < -0.39 is 5.97 Å². The van der Waals surface area contributed by atoms with Crippen molar-refractivity contribution in [3.8, 4) is 0 Å². The molecule has 0 aliphatic rings. The third-order valence-corrected chi connectivity index (χ3v) is 2.54. The number of carbonyl (C=O) groups is 2. The number of aromatic nitrogens is 4. The number of amides is 1. The van der Waals surface area contributed by atoms with Crippen LogP contribution in [-0.4, -0.2) is 37.2 Å². The van der Waals surface area contributed by atoms with Crippen LogP contribution in [-0.2, 0) is 22.6 Å². The SMILES string of the molecule is O=C(O)CCc1cccc(NC(=O)Cn2cnnn2)c1. The van der Waals surface area contributed by atoms with Crippen LogP contribution in [0.1, 0.15) is 12.0 Å². The lowest BCUT2D eigenvalue weighted by atomic mass is 10.1. The molecule has 2 rings (SSSR count). The van der Waals surface area contributed by atoms with Gasteiger partial charge in [0.15, 0.2) is 0 Å². The molecule has 0 aliphatic carbocycles. The molecule has 0 bridgehead atoms. The summed E-state index contributed by atoms with van der Waals surface area (Å²) in [5.41, 5.74) is 1.47. The zero-order chi connectivity index (χ0) is 14.4. The highest BCUT2D eigenvalue weighted by molar-refractivity contribution is 5.90. The number of carboxylic acids is 1. The first-order chi connectivity index (χ1) is 9.63. The average molecular weight is 275 g/mol. The number of aryl methyl sites for hydroxylation is 1. The van der Waals surface area contributed by atoms with E-state index in [0.29, 0.717) is 12.1 Å². The molecule has 0 atom stereocenters. The number of benzene rings is 1. The van der Waals surface area contributed by atoms with Crippen molar-refractivity contribution < 1.29 is 14.7 Å². The fraction of sp³-hybridized carbons (Fsp3) is 0.250. The van der Waals surface area contributed by atoms with E-state index in [1.807, 2.05) is 6.07 Å². The van der Waals surface area contributed by atoms with Crippen molar-refractivity contribution in [2.24, 2.45) is 0 Å². The summed E-state index contributed by atoms with van der Waals surface area (Å²) in [5.74, 6) is -1.11. The minimum Gasteiger partial charge on any atom is -0.481 e. The minimum atomic E-state index is -0.849. The number of hydrogen-bond donors (Lipinski definition) is 2. The summed E-state index contributed by atoms with van der Waals surface area (Å²) in [7, 11) is 0. The van der Waals surface area contributed by atoms with E-state index in [0.717, 1.165) is 5.56 Å². The first-order valence-corrected chi connectivity index (χ1v) is 5.95. The normalized spacial score (nSPS) is 10.2. The van der Waals surface area contributed by atoms with Gasteiger partial charge < -0.3 is 10.4 Å². The van der Waals surface area contributed by atoms with E-state index in [4.69, 9.17) is 5.11 Å². The second-order valence-electron chi connectivity index (χ2n) is 4.15. The molecule has 0 saturated carbocycles. The van der Waals surface area contributed by atoms with Crippen molar-refractivity contribution in [1.29, 1.82) is 0 Å². The number of rotatable bonds is 6. The summed E-state index contributed by atoms with van der Waals surface area (Å²) in [5, 5.41) is 21.8. The standard InChI is InChI=1S/C12H13N5O3/c18-11(7-17-8-13-15-16-17)14-10-3-1-2-9(6-10)4-5-12(19)20/h1-3,6,8H,4-5,7H2,(H,14,18)(H,19,20). The summed E-state index contributed by atoms with van der Waals surface area (Å²) in [6, 6.07) is 7.08. The molecule has 20 heavy (non-hydrogen) atoms. The van der Waals surface area contributed by atoms with Gasteiger partial charge in [0.2, 0.25) is 5.91 Å². The molecule has 0 saturated heterocycles. The molecule has 1 amide bonds. The largest absolute Gasteiger partial charge is 0.481 e. The van der Waals surface area contributed by atoms with Gasteiger partial charge in [-0.25, -0.2) is 4.68 Å². The molecule has 104 valence electrons. The molecule has 2 N–H and O–H groups in total. The Hall–Kier alpha value is -2.77. The topological polar surface area (TPSA) is 110 Å². The fourth-order valence-electron chi connectivity index (χ4n) is 1.66. The van der Waals surface area contributed by atoms with Gasteiger partial charge >= 0.3 is 5.97 Å². The quantitative estimate of drug-likeness (QED) is 0.786. The molecule has 1 aromatic carbocycles. The maximum atomic E-state index is 11.7. The predicted octanol–water partition coefficient (Wildman–Crippen LogP) is 0.329. The van der Waals surface area contributed by atoms with Gasteiger partial charge in [-0.15, -0.1) is 5.10 Å². The number of carbonyl (C=O) groups excluding carboxylic acids is 1. The molecule has 0 unspecified atom stereocenters. The van der Waals surface area contributed by atoms with E-state index in [9.17, 15) is 9.59 Å². The summed E-state index contributed by atoms with van der Waals surface area (Å²) in [4.78, 5) is 22.3. The first-order valence-electron chi connectivity index (χ1n) is 5.95. The van der Waals surface area contributed by atoms with Gasteiger partial charge in [-0.2, -0.15) is 0 Å². The van der Waals surface area contributed by atoms with Gasteiger partial charge in [-0.05, 0) is 34.5 Å². The fourth-order valence-corrected chi connectivity index (χ4v) is 1.66. The van der Waals surface area contributed by atoms with Gasteiger partial charge in [0.05, 0.1) is 0 Å². The van der Waals surface area contributed by atoms with Crippen molar-refractivity contribution in [2.45, 2.75) is 19.4 Å². The van der Waals surface area contributed by atoms with Crippen molar-refractivity contribution >= 4 is 17.6 Å². The molecule has 8 nitrogen and oxygen atoms in total. The molecule has 0 fully saturated rings. The minimum absolute atomic E-state index is 0.0202. The molecular formula is C12H13N5O3. The summed E-state index contributed by atoms with van der Waals surface area (Å²) in [6.07, 6.45) is 1.83. The Morgan fingerprint density at radius 2 is 2.20 bits per heavy atom. The zero-order valence-corrected chi connectivity index (χ0v) is 10.6. The van der Waals surface area contributed by atoms with Crippen LogP contribution >= 0.6 is 0 Å². The third-order valence-electron chi connectivity index (χ3n) is 2.54.